The smallest absolute Gasteiger partial charge is 0.311 e. The van der Waals surface area contributed by atoms with Crippen molar-refractivity contribution in [1.29, 1.82) is 10.5 Å². The number of nitrogens with zero attached hydrogens (tertiary/aromatic N) is 2. The average molecular weight is 295 g/mol. The largest absolute Gasteiger partial charge is 0.343 e. The van der Waals surface area contributed by atoms with Crippen molar-refractivity contribution < 1.29 is 14.5 Å². The molecule has 1 saturated carbocycles. The Hall–Kier alpha value is -2.41. The molecular formula is C16H15N4O2+. The van der Waals surface area contributed by atoms with Crippen LogP contribution in [0.15, 0.2) is 30.3 Å². The Morgan fingerprint density at radius 3 is 2.55 bits per heavy atom. The van der Waals surface area contributed by atoms with Gasteiger partial charge >= 0.3 is 5.91 Å². The van der Waals surface area contributed by atoms with Gasteiger partial charge in [-0.1, -0.05) is 30.3 Å². The molecule has 1 aromatic carbocycles. The van der Waals surface area contributed by atoms with E-state index < -0.39 is 16.7 Å². The average Bonchev–Trinajstić information content (AvgIpc) is 2.93. The van der Waals surface area contributed by atoms with Crippen LogP contribution < -0.4 is 10.7 Å². The summed E-state index contributed by atoms with van der Waals surface area (Å²) in [5.74, 6) is -1.47. The summed E-state index contributed by atoms with van der Waals surface area (Å²) in [7, 11) is 0. The zero-order valence-electron chi connectivity index (χ0n) is 12.0. The fourth-order valence-corrected chi connectivity index (χ4v) is 4.11. The van der Waals surface area contributed by atoms with Crippen molar-refractivity contribution in [3.63, 3.8) is 0 Å². The Morgan fingerprint density at radius 2 is 2.00 bits per heavy atom. The molecular weight excluding hydrogens is 280 g/mol. The molecule has 2 fully saturated rings. The van der Waals surface area contributed by atoms with Crippen molar-refractivity contribution >= 4 is 5.84 Å². The Labute approximate surface area is 127 Å². The van der Waals surface area contributed by atoms with Crippen LogP contribution in [0.25, 0.3) is 0 Å². The summed E-state index contributed by atoms with van der Waals surface area (Å²) >= 11 is 0. The van der Waals surface area contributed by atoms with E-state index in [9.17, 15) is 10.5 Å². The van der Waals surface area contributed by atoms with E-state index >= 15 is 0 Å². The second-order valence-corrected chi connectivity index (χ2v) is 6.08. The molecule has 1 saturated heterocycles. The van der Waals surface area contributed by atoms with E-state index in [2.05, 4.69) is 17.1 Å². The number of benzene rings is 1. The summed E-state index contributed by atoms with van der Waals surface area (Å²) in [4.78, 5) is 2.95. The first-order valence-corrected chi connectivity index (χ1v) is 7.18. The summed E-state index contributed by atoms with van der Waals surface area (Å²) in [6.45, 7) is 2.22. The monoisotopic (exact) mass is 295 g/mol. The van der Waals surface area contributed by atoms with Crippen LogP contribution in [-0.4, -0.2) is 24.5 Å². The first-order chi connectivity index (χ1) is 10.6. The highest BCUT2D eigenvalue weighted by Crippen LogP contribution is 2.79. The second kappa shape index (κ2) is 3.86. The van der Waals surface area contributed by atoms with E-state index in [0.29, 0.717) is 6.61 Å². The highest BCUT2D eigenvalue weighted by molar-refractivity contribution is 5.95. The van der Waals surface area contributed by atoms with Gasteiger partial charge in [0.25, 0.3) is 5.84 Å². The van der Waals surface area contributed by atoms with Gasteiger partial charge in [0, 0.05) is 5.92 Å². The number of nitriles is 2. The maximum atomic E-state index is 9.95. The van der Waals surface area contributed by atoms with E-state index in [1.54, 1.807) is 0 Å². The molecule has 1 aliphatic carbocycles. The first kappa shape index (κ1) is 13.3. The van der Waals surface area contributed by atoms with Crippen molar-refractivity contribution in [3.8, 4) is 12.1 Å². The molecule has 6 heteroatoms. The Morgan fingerprint density at radius 1 is 1.27 bits per heavy atom. The summed E-state index contributed by atoms with van der Waals surface area (Å²) in [6.07, 6.45) is -0.169. The lowest BCUT2D eigenvalue weighted by Crippen LogP contribution is -2.90. The number of amidine groups is 1. The molecule has 0 unspecified atom stereocenters. The third kappa shape index (κ3) is 1.13. The van der Waals surface area contributed by atoms with E-state index in [4.69, 9.17) is 15.2 Å². The number of ether oxygens (including phenoxy) is 2. The number of hydrogen-bond acceptors (Lipinski definition) is 5. The lowest BCUT2D eigenvalue weighted by Gasteiger charge is -2.23. The summed E-state index contributed by atoms with van der Waals surface area (Å²) in [5, 5.41) is 19.8. The lowest BCUT2D eigenvalue weighted by molar-refractivity contribution is -0.677. The number of fused-ring (bicyclic) bond motifs is 2. The Bertz CT molecular complexity index is 765. The molecule has 6 nitrogen and oxygen atoms in total. The molecule has 5 atom stereocenters. The van der Waals surface area contributed by atoms with Gasteiger partial charge in [-0.15, -0.1) is 0 Å². The van der Waals surface area contributed by atoms with E-state index in [0.717, 1.165) is 5.56 Å². The molecule has 0 amide bonds. The van der Waals surface area contributed by atoms with Gasteiger partial charge in [0.2, 0.25) is 0 Å². The number of nitrogens with one attached hydrogen (secondary N) is 1. The third-order valence-electron chi connectivity index (χ3n) is 5.02. The SMILES string of the molecule is C[C@@H]1CO[C@]2([NH+]=C(N)[C@@]3(C#N)[C@@H](c4ccccc4)[C@@]23C#N)O1. The molecule has 0 aromatic heterocycles. The van der Waals surface area contributed by atoms with Gasteiger partial charge < -0.3 is 9.47 Å². The standard InChI is InChI=1S/C16H14N4O2/c1-10-7-21-16(22-10)15(9-18)12(11-5-3-2-4-6-11)14(15,8-17)13(19)20-16/h2-6,10,12H,7H2,1H3,(H2,19,20)/p+1/t10-,12-,14-,15-,16+/m1/s1. The van der Waals surface area contributed by atoms with Gasteiger partial charge in [0.05, 0.1) is 24.8 Å². The number of hydrogen-bond donors (Lipinski definition) is 2. The quantitative estimate of drug-likeness (QED) is 0.715. The molecule has 110 valence electrons. The first-order valence-electron chi connectivity index (χ1n) is 7.18. The molecule has 1 aromatic rings. The molecule has 1 spiro atoms. The molecule has 0 bridgehead atoms. The minimum atomic E-state index is -1.35. The van der Waals surface area contributed by atoms with Gasteiger partial charge in [-0.25, -0.2) is 4.99 Å². The molecule has 4 rings (SSSR count). The van der Waals surface area contributed by atoms with Gasteiger partial charge in [-0.05, 0) is 12.5 Å². The third-order valence-corrected chi connectivity index (χ3v) is 5.02. The predicted molar refractivity (Wildman–Crippen MR) is 74.7 cm³/mol. The predicted octanol–water partition coefficient (Wildman–Crippen LogP) is -0.656. The highest BCUT2D eigenvalue weighted by atomic mass is 16.8. The van der Waals surface area contributed by atoms with E-state index in [1.165, 1.54) is 0 Å². The molecule has 2 heterocycles. The lowest BCUT2D eigenvalue weighted by atomic mass is 9.94. The fourth-order valence-electron chi connectivity index (χ4n) is 4.11. The highest BCUT2D eigenvalue weighted by Gasteiger charge is 2.97. The van der Waals surface area contributed by atoms with Crippen LogP contribution in [0, 0.1) is 33.5 Å². The van der Waals surface area contributed by atoms with Gasteiger partial charge in [-0.2, -0.15) is 10.5 Å². The van der Waals surface area contributed by atoms with Crippen LogP contribution in [0.3, 0.4) is 0 Å². The van der Waals surface area contributed by atoms with Crippen molar-refractivity contribution in [3.05, 3.63) is 35.9 Å². The minimum Gasteiger partial charge on any atom is -0.311 e. The van der Waals surface area contributed by atoms with Crippen molar-refractivity contribution in [2.75, 3.05) is 6.61 Å². The molecule has 2 aliphatic heterocycles. The summed E-state index contributed by atoms with van der Waals surface area (Å²) in [6, 6.07) is 14.0. The maximum absolute atomic E-state index is 9.95. The zero-order chi connectivity index (χ0) is 15.6. The van der Waals surface area contributed by atoms with Crippen molar-refractivity contribution in [1.82, 2.24) is 0 Å². The molecule has 0 radical (unpaired) electrons. The van der Waals surface area contributed by atoms with Gasteiger partial charge in [-0.3, -0.25) is 5.73 Å². The summed E-state index contributed by atoms with van der Waals surface area (Å²) in [5.41, 5.74) is 4.71. The molecule has 3 N–H and O–H groups in total. The minimum absolute atomic E-state index is 0.169. The van der Waals surface area contributed by atoms with E-state index in [-0.39, 0.29) is 17.9 Å². The Kier molecular flexibility index (Phi) is 2.33. The van der Waals surface area contributed by atoms with Crippen LogP contribution >= 0.6 is 0 Å². The van der Waals surface area contributed by atoms with Crippen LogP contribution in [0.5, 0.6) is 0 Å². The molecule has 3 aliphatic rings. The van der Waals surface area contributed by atoms with Crippen LogP contribution in [-0.2, 0) is 9.47 Å². The number of rotatable bonds is 1. The van der Waals surface area contributed by atoms with Crippen LogP contribution in [0.4, 0.5) is 0 Å². The second-order valence-electron chi connectivity index (χ2n) is 6.08. The van der Waals surface area contributed by atoms with Crippen LogP contribution in [0.2, 0.25) is 0 Å². The summed E-state index contributed by atoms with van der Waals surface area (Å²) < 4.78 is 11.7. The van der Waals surface area contributed by atoms with Gasteiger partial charge in [0.15, 0.2) is 10.8 Å². The molecule has 22 heavy (non-hydrogen) atoms. The number of nitrogens with two attached hydrogens (primary N) is 1. The topological polar surface area (TPSA) is 106 Å². The van der Waals surface area contributed by atoms with Crippen LogP contribution in [0.1, 0.15) is 18.4 Å². The normalized spacial score (nSPS) is 45.0. The zero-order valence-corrected chi connectivity index (χ0v) is 12.0. The van der Waals surface area contributed by atoms with Gasteiger partial charge in [0.1, 0.15) is 0 Å². The fraction of sp³-hybridized carbons (Fsp3) is 0.438. The van der Waals surface area contributed by atoms with Crippen molar-refractivity contribution in [2.45, 2.75) is 24.9 Å². The maximum Gasteiger partial charge on any atom is 0.343 e. The Balaban J connectivity index is 1.93. The van der Waals surface area contributed by atoms with Crippen molar-refractivity contribution in [2.24, 2.45) is 16.6 Å². The van der Waals surface area contributed by atoms with E-state index in [1.807, 2.05) is 37.3 Å².